The third-order valence-electron chi connectivity index (χ3n) is 2.80. The fourth-order valence-electron chi connectivity index (χ4n) is 1.84. The lowest BCUT2D eigenvalue weighted by Gasteiger charge is -2.03. The van der Waals surface area contributed by atoms with Crippen LogP contribution in [0.3, 0.4) is 0 Å². The Kier molecular flexibility index (Phi) is 2.94. The number of fused-ring (bicyclic) bond motifs is 1. The summed E-state index contributed by atoms with van der Waals surface area (Å²) in [6.45, 7) is 5.40. The Labute approximate surface area is 118 Å². The van der Waals surface area contributed by atoms with Gasteiger partial charge in [-0.3, -0.25) is 10.1 Å². The molecule has 0 bridgehead atoms. The summed E-state index contributed by atoms with van der Waals surface area (Å²) in [5.74, 6) is 0.570. The number of furan rings is 1. The van der Waals surface area contributed by atoms with Crippen molar-refractivity contribution in [1.29, 1.82) is 0 Å². The van der Waals surface area contributed by atoms with Crippen LogP contribution in [0.2, 0.25) is 0 Å². The second kappa shape index (κ2) is 4.64. The number of anilines is 1. The molecule has 0 spiro atoms. The molecule has 1 N–H and O–H groups in total. The van der Waals surface area contributed by atoms with E-state index in [1.165, 1.54) is 0 Å². The maximum absolute atomic E-state index is 12.0. The third kappa shape index (κ3) is 2.14. The molecule has 3 heterocycles. The highest BCUT2D eigenvalue weighted by atomic mass is 32.1. The van der Waals surface area contributed by atoms with E-state index in [0.717, 1.165) is 28.6 Å². The van der Waals surface area contributed by atoms with E-state index in [0.29, 0.717) is 11.4 Å². The number of carbonyl (C=O) groups excluding carboxylic acids is 1. The van der Waals surface area contributed by atoms with Crippen LogP contribution in [0.15, 0.2) is 10.5 Å². The van der Waals surface area contributed by atoms with Crippen molar-refractivity contribution in [2.24, 2.45) is 0 Å². The topological polar surface area (TPSA) is 93.8 Å². The molecule has 0 aliphatic carbocycles. The Bertz CT molecular complexity index is 807. The lowest BCUT2D eigenvalue weighted by Crippen LogP contribution is -2.16. The fraction of sp³-hybridized carbons (Fsp3) is 0.250. The van der Waals surface area contributed by atoms with Crippen molar-refractivity contribution in [2.75, 3.05) is 5.32 Å². The minimum absolute atomic E-state index is 0.196. The second-order valence-corrected chi connectivity index (χ2v) is 4.89. The summed E-state index contributed by atoms with van der Waals surface area (Å²) < 4.78 is 13.4. The summed E-state index contributed by atoms with van der Waals surface area (Å²) >= 11 is 0.994. The van der Waals surface area contributed by atoms with Crippen molar-refractivity contribution in [1.82, 2.24) is 18.7 Å². The van der Waals surface area contributed by atoms with Crippen molar-refractivity contribution < 1.29 is 9.21 Å². The highest BCUT2D eigenvalue weighted by molar-refractivity contribution is 6.99. The van der Waals surface area contributed by atoms with Crippen LogP contribution in [0.25, 0.3) is 11.1 Å². The van der Waals surface area contributed by atoms with Crippen LogP contribution in [0, 0.1) is 20.8 Å². The number of hydrogen-bond donors (Lipinski definition) is 1. The molecule has 0 fully saturated rings. The maximum atomic E-state index is 12.0. The maximum Gasteiger partial charge on any atom is 0.279 e. The Balaban J connectivity index is 1.95. The minimum atomic E-state index is -0.377. The average molecular weight is 289 g/mol. The van der Waals surface area contributed by atoms with E-state index in [1.54, 1.807) is 6.92 Å². The van der Waals surface area contributed by atoms with Gasteiger partial charge in [0.05, 0.1) is 28.5 Å². The Morgan fingerprint density at radius 2 is 2.00 bits per heavy atom. The molecule has 3 rings (SSSR count). The van der Waals surface area contributed by atoms with Gasteiger partial charge in [0.2, 0.25) is 11.7 Å². The van der Waals surface area contributed by atoms with Crippen LogP contribution in [-0.2, 0) is 0 Å². The predicted molar refractivity (Wildman–Crippen MR) is 73.9 cm³/mol. The second-order valence-electron chi connectivity index (χ2n) is 4.36. The first-order valence-electron chi connectivity index (χ1n) is 5.90. The minimum Gasteiger partial charge on any atom is -0.443 e. The molecule has 20 heavy (non-hydrogen) atoms. The molecule has 0 saturated carbocycles. The summed E-state index contributed by atoms with van der Waals surface area (Å²) in [4.78, 5) is 20.5. The van der Waals surface area contributed by atoms with Crippen LogP contribution in [-0.4, -0.2) is 24.6 Å². The first-order valence-corrected chi connectivity index (χ1v) is 6.63. The van der Waals surface area contributed by atoms with Crippen molar-refractivity contribution >= 4 is 34.7 Å². The smallest absolute Gasteiger partial charge is 0.279 e. The molecule has 0 unspecified atom stereocenters. The van der Waals surface area contributed by atoms with Crippen molar-refractivity contribution in [2.45, 2.75) is 20.8 Å². The van der Waals surface area contributed by atoms with Gasteiger partial charge in [-0.1, -0.05) is 0 Å². The quantitative estimate of drug-likeness (QED) is 0.777. The van der Waals surface area contributed by atoms with Crippen LogP contribution in [0.5, 0.6) is 0 Å². The van der Waals surface area contributed by atoms with Crippen molar-refractivity contribution in [3.8, 4) is 0 Å². The van der Waals surface area contributed by atoms with E-state index in [2.05, 4.69) is 24.0 Å². The van der Waals surface area contributed by atoms with E-state index in [-0.39, 0.29) is 17.5 Å². The number of carbonyl (C=O) groups is 1. The standard InChI is InChI=1S/C12H11N5O2S/c1-5-4-8-6(2)13-12(15-11(8)19-5)14-10(18)9-7(3)16-20-17-9/h4H,1-3H3,(H,13,14,15,18). The van der Waals surface area contributed by atoms with Gasteiger partial charge in [-0.25, -0.2) is 4.98 Å². The van der Waals surface area contributed by atoms with E-state index in [9.17, 15) is 4.79 Å². The molecule has 3 aromatic heterocycles. The number of nitrogens with zero attached hydrogens (tertiary/aromatic N) is 4. The molecule has 0 radical (unpaired) electrons. The van der Waals surface area contributed by atoms with E-state index >= 15 is 0 Å². The van der Waals surface area contributed by atoms with E-state index in [4.69, 9.17) is 4.42 Å². The van der Waals surface area contributed by atoms with Gasteiger partial charge in [0.1, 0.15) is 5.76 Å². The number of hydrogen-bond acceptors (Lipinski definition) is 7. The summed E-state index contributed by atoms with van der Waals surface area (Å²) in [7, 11) is 0. The predicted octanol–water partition coefficient (Wildman–Crippen LogP) is 2.25. The van der Waals surface area contributed by atoms with Crippen LogP contribution >= 0.6 is 11.7 Å². The van der Waals surface area contributed by atoms with Gasteiger partial charge in [-0.2, -0.15) is 13.7 Å². The number of amides is 1. The van der Waals surface area contributed by atoms with Crippen molar-refractivity contribution in [3.63, 3.8) is 0 Å². The summed E-state index contributed by atoms with van der Waals surface area (Å²) in [6, 6.07) is 1.87. The molecule has 3 aromatic rings. The molecule has 102 valence electrons. The molecule has 7 nitrogen and oxygen atoms in total. The molecule has 0 aliphatic rings. The van der Waals surface area contributed by atoms with Gasteiger partial charge in [-0.05, 0) is 26.8 Å². The summed E-state index contributed by atoms with van der Waals surface area (Å²) in [5.41, 5.74) is 2.07. The summed E-state index contributed by atoms with van der Waals surface area (Å²) in [6.07, 6.45) is 0. The van der Waals surface area contributed by atoms with Crippen LogP contribution < -0.4 is 5.32 Å². The highest BCUT2D eigenvalue weighted by Gasteiger charge is 2.16. The Hall–Kier alpha value is -2.35. The number of nitrogens with one attached hydrogen (secondary N) is 1. The Morgan fingerprint density at radius 3 is 2.70 bits per heavy atom. The molecule has 0 atom stereocenters. The average Bonchev–Trinajstić information content (AvgIpc) is 2.94. The molecular weight excluding hydrogens is 278 g/mol. The van der Waals surface area contributed by atoms with Gasteiger partial charge in [0.25, 0.3) is 5.91 Å². The fourth-order valence-corrected chi connectivity index (χ4v) is 2.39. The first kappa shape index (κ1) is 12.7. The normalized spacial score (nSPS) is 10.9. The lowest BCUT2D eigenvalue weighted by atomic mass is 10.3. The third-order valence-corrected chi connectivity index (χ3v) is 3.42. The molecule has 8 heteroatoms. The van der Waals surface area contributed by atoms with Crippen molar-refractivity contribution in [3.05, 3.63) is 28.9 Å². The lowest BCUT2D eigenvalue weighted by molar-refractivity contribution is 0.102. The SMILES string of the molecule is Cc1cc2c(C)nc(NC(=O)c3nsnc3C)nc2o1. The molecular formula is C12H11N5O2S. The highest BCUT2D eigenvalue weighted by Crippen LogP contribution is 2.21. The van der Waals surface area contributed by atoms with E-state index in [1.807, 2.05) is 19.9 Å². The monoisotopic (exact) mass is 289 g/mol. The molecule has 0 saturated heterocycles. The van der Waals surface area contributed by atoms with E-state index < -0.39 is 0 Å². The van der Waals surface area contributed by atoms with Gasteiger partial charge in [-0.15, -0.1) is 0 Å². The number of rotatable bonds is 2. The summed E-state index contributed by atoms with van der Waals surface area (Å²) in [5, 5.41) is 3.45. The van der Waals surface area contributed by atoms with Gasteiger partial charge in [0, 0.05) is 0 Å². The molecule has 1 amide bonds. The van der Waals surface area contributed by atoms with Gasteiger partial charge in [0.15, 0.2) is 5.69 Å². The Morgan fingerprint density at radius 1 is 1.20 bits per heavy atom. The zero-order chi connectivity index (χ0) is 14.3. The number of aromatic nitrogens is 4. The largest absolute Gasteiger partial charge is 0.443 e. The first-order chi connectivity index (χ1) is 9.54. The molecule has 0 aliphatic heterocycles. The zero-order valence-electron chi connectivity index (χ0n) is 11.1. The number of aryl methyl sites for hydroxylation is 3. The zero-order valence-corrected chi connectivity index (χ0v) is 11.9. The van der Waals surface area contributed by atoms with Gasteiger partial charge >= 0.3 is 0 Å². The van der Waals surface area contributed by atoms with Crippen LogP contribution in [0.1, 0.15) is 27.6 Å². The van der Waals surface area contributed by atoms with Crippen LogP contribution in [0.4, 0.5) is 5.95 Å². The molecule has 0 aromatic carbocycles. The van der Waals surface area contributed by atoms with Gasteiger partial charge < -0.3 is 4.42 Å².